The van der Waals surface area contributed by atoms with Crippen LogP contribution in [0.1, 0.15) is 46.0 Å². The first-order valence-electron chi connectivity index (χ1n) is 5.92. The first-order valence-corrected chi connectivity index (χ1v) is 5.92. The van der Waals surface area contributed by atoms with E-state index in [-0.39, 0.29) is 5.60 Å². The molecule has 0 unspecified atom stereocenters. The molecule has 2 rings (SSSR count). The van der Waals surface area contributed by atoms with E-state index in [0.717, 1.165) is 25.4 Å². The van der Waals surface area contributed by atoms with Crippen LogP contribution in [0.2, 0.25) is 0 Å². The second-order valence-corrected chi connectivity index (χ2v) is 6.14. The minimum atomic E-state index is -0.355. The van der Waals surface area contributed by atoms with Crippen LogP contribution in [0.5, 0.6) is 0 Å². The van der Waals surface area contributed by atoms with Gasteiger partial charge in [0.25, 0.3) is 0 Å². The highest BCUT2D eigenvalue weighted by Gasteiger charge is 2.38. The van der Waals surface area contributed by atoms with E-state index in [1.54, 1.807) is 0 Å². The molecule has 0 radical (unpaired) electrons. The Morgan fingerprint density at radius 1 is 1.21 bits per heavy atom. The molecule has 1 saturated carbocycles. The molecule has 2 fully saturated rings. The Balaban J connectivity index is 1.78. The topological polar surface area (TPSA) is 32.3 Å². The van der Waals surface area contributed by atoms with E-state index < -0.39 is 0 Å². The van der Waals surface area contributed by atoms with Crippen molar-refractivity contribution in [3.8, 4) is 0 Å². The third kappa shape index (κ3) is 2.29. The van der Waals surface area contributed by atoms with Crippen molar-refractivity contribution < 1.29 is 5.11 Å². The maximum Gasteiger partial charge on any atom is 0.0897 e. The lowest BCUT2D eigenvalue weighted by Gasteiger charge is -2.43. The largest absolute Gasteiger partial charge is 0.387 e. The van der Waals surface area contributed by atoms with Gasteiger partial charge < -0.3 is 10.4 Å². The predicted molar refractivity (Wildman–Crippen MR) is 58.2 cm³/mol. The highest BCUT2D eigenvalue weighted by molar-refractivity contribution is 4.95. The standard InChI is InChI=1S/C12H23NO/c1-11(2)5-3-10(4-6-11)7-12(14)8-13-9-12/h10,13-14H,3-9H2,1-2H3. The zero-order valence-electron chi connectivity index (χ0n) is 9.47. The lowest BCUT2D eigenvalue weighted by molar-refractivity contribution is -0.0380. The first-order chi connectivity index (χ1) is 6.49. The highest BCUT2D eigenvalue weighted by Crippen LogP contribution is 2.41. The number of hydrogen-bond acceptors (Lipinski definition) is 2. The van der Waals surface area contributed by atoms with Gasteiger partial charge in [0.1, 0.15) is 0 Å². The van der Waals surface area contributed by atoms with Gasteiger partial charge in [-0.2, -0.15) is 0 Å². The van der Waals surface area contributed by atoms with Crippen LogP contribution in [0, 0.1) is 11.3 Å². The molecule has 1 aliphatic heterocycles. The van der Waals surface area contributed by atoms with Crippen LogP contribution in [0.25, 0.3) is 0 Å². The summed E-state index contributed by atoms with van der Waals surface area (Å²) < 4.78 is 0. The van der Waals surface area contributed by atoms with Crippen LogP contribution < -0.4 is 5.32 Å². The van der Waals surface area contributed by atoms with E-state index in [4.69, 9.17) is 0 Å². The van der Waals surface area contributed by atoms with Crippen LogP contribution in [0.15, 0.2) is 0 Å². The number of aliphatic hydroxyl groups is 1. The van der Waals surface area contributed by atoms with Crippen LogP contribution in [0.3, 0.4) is 0 Å². The fraction of sp³-hybridized carbons (Fsp3) is 1.00. The van der Waals surface area contributed by atoms with Gasteiger partial charge >= 0.3 is 0 Å². The highest BCUT2D eigenvalue weighted by atomic mass is 16.3. The molecule has 1 aliphatic carbocycles. The Morgan fingerprint density at radius 3 is 2.21 bits per heavy atom. The molecule has 0 aromatic rings. The lowest BCUT2D eigenvalue weighted by Crippen LogP contribution is -2.60. The molecule has 2 aliphatic rings. The molecule has 0 aromatic heterocycles. The fourth-order valence-electron chi connectivity index (χ4n) is 2.76. The van der Waals surface area contributed by atoms with Crippen molar-refractivity contribution >= 4 is 0 Å². The Labute approximate surface area is 87.1 Å². The number of rotatable bonds is 2. The maximum absolute atomic E-state index is 10.0. The van der Waals surface area contributed by atoms with E-state index in [2.05, 4.69) is 19.2 Å². The number of hydrogen-bond donors (Lipinski definition) is 2. The van der Waals surface area contributed by atoms with Gasteiger partial charge in [-0.15, -0.1) is 0 Å². The van der Waals surface area contributed by atoms with Crippen LogP contribution in [-0.2, 0) is 0 Å². The van der Waals surface area contributed by atoms with E-state index in [0.29, 0.717) is 5.41 Å². The maximum atomic E-state index is 10.0. The smallest absolute Gasteiger partial charge is 0.0897 e. The summed E-state index contributed by atoms with van der Waals surface area (Å²) in [5.41, 5.74) is 0.198. The van der Waals surface area contributed by atoms with Gasteiger partial charge in [-0.25, -0.2) is 0 Å². The molecule has 0 bridgehead atoms. The molecule has 2 nitrogen and oxygen atoms in total. The van der Waals surface area contributed by atoms with Crippen molar-refractivity contribution in [3.05, 3.63) is 0 Å². The third-order valence-electron chi connectivity index (χ3n) is 4.04. The Kier molecular flexibility index (Phi) is 2.61. The summed E-state index contributed by atoms with van der Waals surface area (Å²) in [4.78, 5) is 0. The quantitative estimate of drug-likeness (QED) is 0.709. The number of β-amino-alcohol motifs (C(OH)–C–C–N with tert-alkyl or cyclic N) is 1. The summed E-state index contributed by atoms with van der Waals surface area (Å²) in [5.74, 6) is 0.773. The van der Waals surface area contributed by atoms with Gasteiger partial charge in [0, 0.05) is 13.1 Å². The molecule has 2 heteroatoms. The van der Waals surface area contributed by atoms with Crippen molar-refractivity contribution in [3.63, 3.8) is 0 Å². The summed E-state index contributed by atoms with van der Waals surface area (Å²) in [6, 6.07) is 0. The minimum absolute atomic E-state index is 0.355. The Bertz CT molecular complexity index is 198. The Hall–Kier alpha value is -0.0800. The molecule has 1 heterocycles. The SMILES string of the molecule is CC1(C)CCC(CC2(O)CNC2)CC1. The van der Waals surface area contributed by atoms with Crippen LogP contribution in [0.4, 0.5) is 0 Å². The fourth-order valence-corrected chi connectivity index (χ4v) is 2.76. The van der Waals surface area contributed by atoms with Crippen molar-refractivity contribution in [2.75, 3.05) is 13.1 Å². The Morgan fingerprint density at radius 2 is 1.79 bits per heavy atom. The molecule has 14 heavy (non-hydrogen) atoms. The molecule has 1 saturated heterocycles. The van der Waals surface area contributed by atoms with Gasteiger partial charge in [-0.3, -0.25) is 0 Å². The summed E-state index contributed by atoms with van der Waals surface area (Å²) in [5, 5.41) is 13.2. The van der Waals surface area contributed by atoms with Crippen molar-refractivity contribution in [1.82, 2.24) is 5.32 Å². The van der Waals surface area contributed by atoms with Gasteiger partial charge in [-0.1, -0.05) is 13.8 Å². The van der Waals surface area contributed by atoms with Crippen LogP contribution in [-0.4, -0.2) is 23.8 Å². The summed E-state index contributed by atoms with van der Waals surface area (Å²) >= 11 is 0. The molecule has 0 aromatic carbocycles. The van der Waals surface area contributed by atoms with Gasteiger partial charge in [0.2, 0.25) is 0 Å². The number of nitrogens with one attached hydrogen (secondary N) is 1. The molecule has 0 amide bonds. The molecule has 2 N–H and O–H groups in total. The zero-order valence-corrected chi connectivity index (χ0v) is 9.47. The van der Waals surface area contributed by atoms with Crippen molar-refractivity contribution in [1.29, 1.82) is 0 Å². The van der Waals surface area contributed by atoms with Crippen molar-refractivity contribution in [2.45, 2.75) is 51.6 Å². The zero-order chi connectivity index (χ0) is 10.2. The second-order valence-electron chi connectivity index (χ2n) is 6.14. The van der Waals surface area contributed by atoms with Crippen LogP contribution >= 0.6 is 0 Å². The van der Waals surface area contributed by atoms with Gasteiger partial charge in [0.05, 0.1) is 5.60 Å². The molecule has 82 valence electrons. The first kappa shape index (κ1) is 10.4. The van der Waals surface area contributed by atoms with E-state index >= 15 is 0 Å². The minimum Gasteiger partial charge on any atom is -0.387 e. The third-order valence-corrected chi connectivity index (χ3v) is 4.04. The molecular weight excluding hydrogens is 174 g/mol. The van der Waals surface area contributed by atoms with E-state index in [1.165, 1.54) is 25.7 Å². The molecule has 0 atom stereocenters. The average molecular weight is 197 g/mol. The normalized spacial score (nSPS) is 31.1. The summed E-state index contributed by atoms with van der Waals surface area (Å²) in [6.45, 7) is 6.35. The monoisotopic (exact) mass is 197 g/mol. The van der Waals surface area contributed by atoms with Gasteiger partial charge in [0.15, 0.2) is 0 Å². The predicted octanol–water partition coefficient (Wildman–Crippen LogP) is 1.93. The molecule has 0 spiro atoms. The van der Waals surface area contributed by atoms with E-state index in [1.807, 2.05) is 0 Å². The molecular formula is C12H23NO. The second kappa shape index (κ2) is 3.49. The lowest BCUT2D eigenvalue weighted by atomic mass is 9.70. The summed E-state index contributed by atoms with van der Waals surface area (Å²) in [6.07, 6.45) is 6.32. The van der Waals surface area contributed by atoms with E-state index in [9.17, 15) is 5.11 Å². The summed E-state index contributed by atoms with van der Waals surface area (Å²) in [7, 11) is 0. The van der Waals surface area contributed by atoms with Gasteiger partial charge in [-0.05, 0) is 43.4 Å². The average Bonchev–Trinajstić information content (AvgIpc) is 2.06. The van der Waals surface area contributed by atoms with Crippen molar-refractivity contribution in [2.24, 2.45) is 11.3 Å².